The second-order valence-electron chi connectivity index (χ2n) is 4.00. The van der Waals surface area contributed by atoms with Crippen LogP contribution in [0.1, 0.15) is 38.2 Å². The Balaban J connectivity index is 0.000000494. The van der Waals surface area contributed by atoms with Crippen LogP contribution in [-0.2, 0) is 11.0 Å². The van der Waals surface area contributed by atoms with Crippen LogP contribution in [0, 0.1) is 33.7 Å². The van der Waals surface area contributed by atoms with Crippen molar-refractivity contribution in [3.8, 4) is 0 Å². The van der Waals surface area contributed by atoms with E-state index in [1.165, 1.54) is 39.6 Å². The molecular formula is C12H17LaO4P. The van der Waals surface area contributed by atoms with E-state index in [0.29, 0.717) is 0 Å². The molecule has 18 heavy (non-hydrogen) atoms. The minimum Gasteiger partial charge on any atom is -0.822 e. The molecule has 0 unspecified atom stereocenters. The van der Waals surface area contributed by atoms with Crippen molar-refractivity contribution in [2.45, 2.75) is 39.0 Å². The molecule has 0 aromatic heterocycles. The average Bonchev–Trinajstić information content (AvgIpc) is 2.25. The molecule has 0 saturated carbocycles. The van der Waals surface area contributed by atoms with Gasteiger partial charge in [-0.1, -0.05) is 0 Å². The van der Waals surface area contributed by atoms with Crippen LogP contribution in [0.5, 0.6) is 0 Å². The Kier molecular flexibility index (Phi) is 10.6. The fraction of sp³-hybridized carbons (Fsp3) is 0.500. The van der Waals surface area contributed by atoms with E-state index in [9.17, 15) is 0 Å². The number of hydrogen-bond donors (Lipinski definition) is 0. The number of hydrogen-bond acceptors (Lipinski definition) is 4. The first-order valence-electron chi connectivity index (χ1n) is 5.90. The Morgan fingerprint density at radius 1 is 1.06 bits per heavy atom. The largest absolute Gasteiger partial charge is 0.822 e. The second-order valence-corrected chi connectivity index (χ2v) is 6.99. The van der Waals surface area contributed by atoms with E-state index in [1.807, 2.05) is 0 Å². The Labute approximate surface area is 131 Å². The van der Waals surface area contributed by atoms with Crippen molar-refractivity contribution in [1.29, 1.82) is 0 Å². The summed E-state index contributed by atoms with van der Waals surface area (Å²) in [5.41, 5.74) is 1.51. The Morgan fingerprint density at radius 3 is 2.00 bits per heavy atom. The van der Waals surface area contributed by atoms with Crippen LogP contribution in [0.25, 0.3) is 0 Å². The van der Waals surface area contributed by atoms with Gasteiger partial charge in [-0.3, -0.25) is 0 Å². The number of phosphoric acid groups is 1. The smallest absolute Gasteiger partial charge is 0.159 e. The quantitative estimate of drug-likeness (QED) is 0.525. The molecule has 0 fully saturated rings. The maximum Gasteiger partial charge on any atom is -0.159 e. The molecule has 0 aliphatic heterocycles. The normalized spacial score (nSPS) is 10.8. The molecule has 1 aromatic rings. The molecule has 0 spiro atoms. The maximum absolute atomic E-state index is 8.55. The van der Waals surface area contributed by atoms with Crippen molar-refractivity contribution in [3.05, 3.63) is 29.8 Å². The minimum absolute atomic E-state index is 0.985. The van der Waals surface area contributed by atoms with Crippen LogP contribution in [0.15, 0.2) is 24.3 Å². The zero-order valence-electron chi connectivity index (χ0n) is 10.5. The summed E-state index contributed by atoms with van der Waals surface area (Å²) in [5, 5.41) is 0. The van der Waals surface area contributed by atoms with E-state index < -0.39 is 7.82 Å². The van der Waals surface area contributed by atoms with Crippen LogP contribution >= 0.6 is 7.82 Å². The molecule has 0 amide bonds. The molecule has 0 heterocycles. The summed E-state index contributed by atoms with van der Waals surface area (Å²) in [6.45, 7) is 2.26. The van der Waals surface area contributed by atoms with Gasteiger partial charge in [0, 0.05) is 0 Å². The summed E-state index contributed by atoms with van der Waals surface area (Å²) in [4.78, 5) is 25.6. The van der Waals surface area contributed by atoms with Crippen molar-refractivity contribution in [2.75, 3.05) is 0 Å². The molecule has 0 aliphatic rings. The monoisotopic (exact) mass is 395 g/mol. The van der Waals surface area contributed by atoms with Gasteiger partial charge >= 0.3 is 105 Å². The molecule has 6 heteroatoms. The van der Waals surface area contributed by atoms with E-state index in [0.717, 1.165) is 33.7 Å². The third-order valence-corrected chi connectivity index (χ3v) is 3.51. The van der Waals surface area contributed by atoms with E-state index in [2.05, 4.69) is 31.2 Å². The van der Waals surface area contributed by atoms with Crippen molar-refractivity contribution in [1.82, 2.24) is 0 Å². The minimum atomic E-state index is -5.39. The summed E-state index contributed by atoms with van der Waals surface area (Å²) < 4.78 is 10.1. The first-order valence-corrected chi connectivity index (χ1v) is 9.17. The zero-order valence-corrected chi connectivity index (χ0v) is 15.0. The Bertz CT molecular complexity index is 353. The van der Waals surface area contributed by atoms with Crippen LogP contribution in [-0.4, -0.2) is 0 Å². The van der Waals surface area contributed by atoms with E-state index in [4.69, 9.17) is 19.2 Å². The van der Waals surface area contributed by atoms with Crippen molar-refractivity contribution >= 4 is 9.79 Å². The third kappa shape index (κ3) is 14.6. The molecule has 0 radical (unpaired) electrons. The van der Waals surface area contributed by atoms with Gasteiger partial charge in [-0.05, 0) is 0 Å². The van der Waals surface area contributed by atoms with Gasteiger partial charge in [0.25, 0.3) is 0 Å². The van der Waals surface area contributed by atoms with Gasteiger partial charge in [-0.25, -0.2) is 0 Å². The average molecular weight is 395 g/mol. The first kappa shape index (κ1) is 18.5. The summed E-state index contributed by atoms with van der Waals surface area (Å²) in [5.74, 6) is 0. The molecule has 4 nitrogen and oxygen atoms in total. The topological polar surface area (TPSA) is 86.2 Å². The summed E-state index contributed by atoms with van der Waals surface area (Å²) in [6, 6.07) is 9.14. The van der Waals surface area contributed by atoms with E-state index in [1.54, 1.807) is 0 Å². The summed E-state index contributed by atoms with van der Waals surface area (Å²) >= 11 is 0.985. The van der Waals surface area contributed by atoms with Crippen LogP contribution in [0.2, 0.25) is 0 Å². The predicted octanol–water partition coefficient (Wildman–Crippen LogP) is 0.159. The molecule has 0 N–H and O–H groups in total. The molecule has 97 valence electrons. The predicted molar refractivity (Wildman–Crippen MR) is 61.5 cm³/mol. The Morgan fingerprint density at radius 2 is 1.56 bits per heavy atom. The number of rotatable bonds is 5. The SMILES string of the molecule is CCCCCCc1cc[c]([La+3])cc1.O=P([O-])([O-])[O-]. The van der Waals surface area contributed by atoms with Crippen molar-refractivity contribution in [2.24, 2.45) is 0 Å². The molecule has 0 saturated heterocycles. The fourth-order valence-electron chi connectivity index (χ4n) is 1.44. The van der Waals surface area contributed by atoms with Crippen molar-refractivity contribution in [3.63, 3.8) is 0 Å². The molecule has 1 rings (SSSR count). The van der Waals surface area contributed by atoms with Gasteiger partial charge in [0.05, 0.1) is 0 Å². The molecular weight excluding hydrogens is 378 g/mol. The maximum atomic E-state index is 8.55. The molecule has 0 bridgehead atoms. The molecule has 1 aromatic carbocycles. The number of unbranched alkanes of at least 4 members (excludes halogenated alkanes) is 3. The van der Waals surface area contributed by atoms with Gasteiger partial charge in [0.2, 0.25) is 0 Å². The second kappa shape index (κ2) is 10.3. The summed E-state index contributed by atoms with van der Waals surface area (Å²) in [6.07, 6.45) is 6.74. The van der Waals surface area contributed by atoms with E-state index in [-0.39, 0.29) is 0 Å². The van der Waals surface area contributed by atoms with E-state index >= 15 is 0 Å². The Hall–Kier alpha value is 0.525. The van der Waals surface area contributed by atoms with Crippen LogP contribution in [0.4, 0.5) is 0 Å². The van der Waals surface area contributed by atoms with Crippen LogP contribution in [0.3, 0.4) is 0 Å². The zero-order chi connectivity index (χ0) is 14.0. The van der Waals surface area contributed by atoms with Gasteiger partial charge < -0.3 is 19.2 Å². The third-order valence-electron chi connectivity index (χ3n) is 2.30. The van der Waals surface area contributed by atoms with Crippen molar-refractivity contribution < 1.29 is 53.0 Å². The van der Waals surface area contributed by atoms with Gasteiger partial charge in [-0.15, -0.1) is 0 Å². The number of benzene rings is 1. The fourth-order valence-corrected chi connectivity index (χ4v) is 2.04. The first-order chi connectivity index (χ1) is 8.33. The standard InChI is InChI=1S/C12H17.La.H3O4P/c1-2-3-4-6-9-12-10-7-5-8-11-12;;1-5(2,3)4/h7-8,10-11H,2-4,6,9H2,1H3;;(H3,1,2,3,4)/q;+3;/p-3. The van der Waals surface area contributed by atoms with Crippen LogP contribution < -0.4 is 16.6 Å². The summed E-state index contributed by atoms with van der Waals surface area (Å²) in [7, 11) is -5.39. The van der Waals surface area contributed by atoms with Gasteiger partial charge in [-0.2, -0.15) is 7.82 Å². The molecule has 0 aliphatic carbocycles. The van der Waals surface area contributed by atoms with Gasteiger partial charge in [0.1, 0.15) is 0 Å². The molecule has 0 atom stereocenters. The van der Waals surface area contributed by atoms with Gasteiger partial charge in [0.15, 0.2) is 0 Å². The number of aryl methyl sites for hydroxylation is 1.